The van der Waals surface area contributed by atoms with Crippen molar-refractivity contribution in [2.24, 2.45) is 0 Å². The normalized spacial score (nSPS) is 13.9. The van der Waals surface area contributed by atoms with Crippen LogP contribution in [0.5, 0.6) is 5.75 Å². The predicted octanol–water partition coefficient (Wildman–Crippen LogP) is 5.11. The van der Waals surface area contributed by atoms with Gasteiger partial charge in [0.1, 0.15) is 29.5 Å². The first-order valence-corrected chi connectivity index (χ1v) is 12.0. The molecule has 6 nitrogen and oxygen atoms in total. The van der Waals surface area contributed by atoms with Crippen LogP contribution < -0.4 is 10.3 Å². The van der Waals surface area contributed by atoms with Gasteiger partial charge in [0.15, 0.2) is 0 Å². The number of benzene rings is 2. The fraction of sp³-hybridized carbons (Fsp3) is 0.240. The number of hydrogen-bond donors (Lipinski definition) is 0. The number of rotatable bonds is 6. The van der Waals surface area contributed by atoms with Crippen LogP contribution in [0.3, 0.4) is 0 Å². The molecule has 2 aromatic heterocycles. The summed E-state index contributed by atoms with van der Waals surface area (Å²) in [4.78, 5) is 21.0. The van der Waals surface area contributed by atoms with E-state index in [-0.39, 0.29) is 5.56 Å². The molecule has 0 atom stereocenters. The largest absolute Gasteiger partial charge is 0.491 e. The van der Waals surface area contributed by atoms with E-state index in [1.165, 1.54) is 35.1 Å². The Kier molecular flexibility index (Phi) is 6.14. The Morgan fingerprint density at radius 2 is 1.91 bits per heavy atom. The quantitative estimate of drug-likeness (QED) is 0.386. The highest BCUT2D eigenvalue weighted by molar-refractivity contribution is 7.22. The number of halogens is 1. The summed E-state index contributed by atoms with van der Waals surface area (Å²) in [5.74, 6) is 0.531. The molecule has 0 unspecified atom stereocenters. The molecule has 1 aliphatic heterocycles. The summed E-state index contributed by atoms with van der Waals surface area (Å²) in [7, 11) is 0. The van der Waals surface area contributed by atoms with Gasteiger partial charge >= 0.3 is 0 Å². The number of fused-ring (bicyclic) bond motifs is 1. The van der Waals surface area contributed by atoms with Gasteiger partial charge in [0, 0.05) is 16.4 Å². The number of likely N-dealkylation sites (tertiary alicyclic amines) is 1. The summed E-state index contributed by atoms with van der Waals surface area (Å²) in [6.07, 6.45) is 3.97. The summed E-state index contributed by atoms with van der Waals surface area (Å²) in [6, 6.07) is 16.8. The van der Waals surface area contributed by atoms with Gasteiger partial charge in [-0.25, -0.2) is 4.98 Å². The maximum atomic E-state index is 13.2. The predicted molar refractivity (Wildman–Crippen MR) is 132 cm³/mol. The molecule has 5 rings (SSSR count). The van der Waals surface area contributed by atoms with E-state index in [1.54, 1.807) is 18.2 Å². The molecule has 1 saturated heterocycles. The highest BCUT2D eigenvalue weighted by Crippen LogP contribution is 2.32. The highest BCUT2D eigenvalue weighted by atomic mass is 35.5. The number of ether oxygens (including phenoxy) is 1. The van der Waals surface area contributed by atoms with Crippen molar-refractivity contribution in [2.75, 3.05) is 26.2 Å². The minimum Gasteiger partial charge on any atom is -0.491 e. The van der Waals surface area contributed by atoms with Crippen molar-refractivity contribution in [1.82, 2.24) is 14.5 Å². The molecule has 1 fully saturated rings. The molecule has 166 valence electrons. The van der Waals surface area contributed by atoms with Gasteiger partial charge in [-0.1, -0.05) is 23.7 Å². The fourth-order valence-electron chi connectivity index (χ4n) is 4.02. The van der Waals surface area contributed by atoms with Crippen LogP contribution in [0.2, 0.25) is 5.02 Å². The molecule has 0 radical (unpaired) electrons. The van der Waals surface area contributed by atoms with Gasteiger partial charge in [0.25, 0.3) is 5.56 Å². The number of thiophene rings is 1. The second kappa shape index (κ2) is 9.36. The van der Waals surface area contributed by atoms with Gasteiger partial charge in [0.2, 0.25) is 0 Å². The van der Waals surface area contributed by atoms with Crippen molar-refractivity contribution >= 4 is 33.2 Å². The van der Waals surface area contributed by atoms with Crippen LogP contribution in [0.1, 0.15) is 18.4 Å². The Bertz CT molecular complexity index is 1400. The Balaban J connectivity index is 1.42. The van der Waals surface area contributed by atoms with Gasteiger partial charge in [-0.05, 0) is 67.9 Å². The molecule has 0 bridgehead atoms. The molecule has 0 saturated carbocycles. The van der Waals surface area contributed by atoms with E-state index in [1.807, 2.05) is 30.3 Å². The number of nitriles is 1. The molecule has 0 amide bonds. The molecule has 3 heterocycles. The Labute approximate surface area is 200 Å². The van der Waals surface area contributed by atoms with Crippen LogP contribution in [0.25, 0.3) is 26.3 Å². The smallest absolute Gasteiger partial charge is 0.275 e. The highest BCUT2D eigenvalue weighted by Gasteiger charge is 2.14. The molecule has 4 aromatic rings. The van der Waals surface area contributed by atoms with Crippen molar-refractivity contribution in [1.29, 1.82) is 5.26 Å². The summed E-state index contributed by atoms with van der Waals surface area (Å²) in [6.45, 7) is 3.59. The third-order valence-electron chi connectivity index (χ3n) is 5.79. The standard InChI is InChI=1S/C25H21ClN4O2S/c26-19-5-3-17(4-6-19)23-14-21-24(33-23)25(31)30(16-28-21)20-7-8-22(18(13-20)15-27)32-12-11-29-9-1-2-10-29/h3-8,13-14,16H,1-2,9-12H2. The fourth-order valence-corrected chi connectivity index (χ4v) is 5.20. The van der Waals surface area contributed by atoms with E-state index in [9.17, 15) is 10.1 Å². The molecule has 0 spiro atoms. The van der Waals surface area contributed by atoms with Crippen molar-refractivity contribution < 1.29 is 4.74 Å². The number of aromatic nitrogens is 2. The molecule has 0 N–H and O–H groups in total. The van der Waals surface area contributed by atoms with Crippen molar-refractivity contribution in [3.05, 3.63) is 75.8 Å². The van der Waals surface area contributed by atoms with Crippen LogP contribution in [0, 0.1) is 11.3 Å². The lowest BCUT2D eigenvalue weighted by atomic mass is 10.2. The molecular formula is C25H21ClN4O2S. The summed E-state index contributed by atoms with van der Waals surface area (Å²) in [5, 5.41) is 10.3. The van der Waals surface area contributed by atoms with E-state index >= 15 is 0 Å². The average Bonchev–Trinajstić information content (AvgIpc) is 3.51. The lowest BCUT2D eigenvalue weighted by Gasteiger charge is -2.15. The summed E-state index contributed by atoms with van der Waals surface area (Å²) in [5.41, 5.74) is 2.44. The van der Waals surface area contributed by atoms with Crippen molar-refractivity contribution in [2.45, 2.75) is 12.8 Å². The lowest BCUT2D eigenvalue weighted by Crippen LogP contribution is -2.25. The molecule has 33 heavy (non-hydrogen) atoms. The Morgan fingerprint density at radius 1 is 1.12 bits per heavy atom. The minimum atomic E-state index is -0.170. The third-order valence-corrected chi connectivity index (χ3v) is 7.21. The SMILES string of the molecule is N#Cc1cc(-n2cnc3cc(-c4ccc(Cl)cc4)sc3c2=O)ccc1OCCN1CCCC1. The van der Waals surface area contributed by atoms with E-state index in [0.717, 1.165) is 30.1 Å². The maximum Gasteiger partial charge on any atom is 0.275 e. The molecule has 1 aliphatic rings. The minimum absolute atomic E-state index is 0.170. The molecule has 2 aromatic carbocycles. The zero-order valence-electron chi connectivity index (χ0n) is 17.8. The molecule has 0 aliphatic carbocycles. The van der Waals surface area contributed by atoms with Crippen LogP contribution in [0.4, 0.5) is 0 Å². The number of hydrogen-bond acceptors (Lipinski definition) is 6. The van der Waals surface area contributed by atoms with Crippen molar-refractivity contribution in [3.8, 4) is 27.9 Å². The summed E-state index contributed by atoms with van der Waals surface area (Å²) < 4.78 is 7.90. The molecular weight excluding hydrogens is 456 g/mol. The summed E-state index contributed by atoms with van der Waals surface area (Å²) >= 11 is 7.38. The van der Waals surface area contributed by atoms with Gasteiger partial charge < -0.3 is 4.74 Å². The van der Waals surface area contributed by atoms with Gasteiger partial charge in [-0.2, -0.15) is 5.26 Å². The second-order valence-electron chi connectivity index (χ2n) is 7.94. The van der Waals surface area contributed by atoms with Gasteiger partial charge in [-0.3, -0.25) is 14.3 Å². The lowest BCUT2D eigenvalue weighted by molar-refractivity contribution is 0.237. The first kappa shape index (κ1) is 21.7. The van der Waals surface area contributed by atoms with E-state index in [0.29, 0.717) is 38.8 Å². The van der Waals surface area contributed by atoms with E-state index in [2.05, 4.69) is 16.0 Å². The number of nitrogens with zero attached hydrogens (tertiary/aromatic N) is 4. The average molecular weight is 477 g/mol. The van der Waals surface area contributed by atoms with E-state index < -0.39 is 0 Å². The second-order valence-corrected chi connectivity index (χ2v) is 9.43. The van der Waals surface area contributed by atoms with Gasteiger partial charge in [-0.15, -0.1) is 11.3 Å². The zero-order chi connectivity index (χ0) is 22.8. The van der Waals surface area contributed by atoms with Crippen LogP contribution in [-0.4, -0.2) is 40.7 Å². The first-order valence-electron chi connectivity index (χ1n) is 10.8. The van der Waals surface area contributed by atoms with Gasteiger partial charge in [0.05, 0.1) is 16.8 Å². The molecule has 8 heteroatoms. The topological polar surface area (TPSA) is 71.1 Å². The maximum absolute atomic E-state index is 13.2. The third kappa shape index (κ3) is 4.51. The van der Waals surface area contributed by atoms with Crippen LogP contribution >= 0.6 is 22.9 Å². The zero-order valence-corrected chi connectivity index (χ0v) is 19.4. The Hall–Kier alpha value is -3.18. The van der Waals surface area contributed by atoms with E-state index in [4.69, 9.17) is 16.3 Å². The van der Waals surface area contributed by atoms with Crippen LogP contribution in [-0.2, 0) is 0 Å². The van der Waals surface area contributed by atoms with Crippen LogP contribution in [0.15, 0.2) is 59.7 Å². The monoisotopic (exact) mass is 476 g/mol. The Morgan fingerprint density at radius 3 is 2.67 bits per heavy atom. The van der Waals surface area contributed by atoms with Crippen molar-refractivity contribution in [3.63, 3.8) is 0 Å². The first-order chi connectivity index (χ1) is 16.1.